The standard InChI is InChI=1S/C19H25N3/c1-4-14(15-8-6-12-20-15)16-10-11-18(22-16)19(3,5-2)17-9-7-13-21-17/h6-14,20-22H,4-5H2,1-3H3. The molecule has 0 fully saturated rings. The molecule has 0 saturated heterocycles. The van der Waals surface area contributed by atoms with Crippen LogP contribution >= 0.6 is 0 Å². The molecular weight excluding hydrogens is 270 g/mol. The third-order valence-electron chi connectivity index (χ3n) is 4.98. The van der Waals surface area contributed by atoms with E-state index < -0.39 is 0 Å². The Morgan fingerprint density at radius 2 is 1.68 bits per heavy atom. The van der Waals surface area contributed by atoms with Gasteiger partial charge in [-0.1, -0.05) is 13.8 Å². The molecule has 116 valence electrons. The first-order valence-electron chi connectivity index (χ1n) is 8.15. The van der Waals surface area contributed by atoms with E-state index in [0.717, 1.165) is 12.8 Å². The van der Waals surface area contributed by atoms with Crippen molar-refractivity contribution in [1.82, 2.24) is 15.0 Å². The van der Waals surface area contributed by atoms with E-state index in [9.17, 15) is 0 Å². The summed E-state index contributed by atoms with van der Waals surface area (Å²) in [7, 11) is 0. The summed E-state index contributed by atoms with van der Waals surface area (Å²) in [6.07, 6.45) is 6.12. The van der Waals surface area contributed by atoms with Crippen LogP contribution in [0.15, 0.2) is 48.8 Å². The molecule has 3 aromatic rings. The van der Waals surface area contributed by atoms with Crippen LogP contribution in [0.3, 0.4) is 0 Å². The highest BCUT2D eigenvalue weighted by Crippen LogP contribution is 2.35. The highest BCUT2D eigenvalue weighted by atomic mass is 14.8. The van der Waals surface area contributed by atoms with E-state index in [4.69, 9.17) is 0 Å². The highest BCUT2D eigenvalue weighted by molar-refractivity contribution is 5.34. The third-order valence-corrected chi connectivity index (χ3v) is 4.98. The first-order valence-corrected chi connectivity index (χ1v) is 8.15. The monoisotopic (exact) mass is 295 g/mol. The van der Waals surface area contributed by atoms with Crippen LogP contribution in [0.5, 0.6) is 0 Å². The summed E-state index contributed by atoms with van der Waals surface area (Å²) in [6.45, 7) is 6.77. The van der Waals surface area contributed by atoms with Crippen LogP contribution in [0.4, 0.5) is 0 Å². The fourth-order valence-corrected chi connectivity index (χ4v) is 3.30. The molecule has 3 heterocycles. The Balaban J connectivity index is 1.96. The maximum atomic E-state index is 3.69. The summed E-state index contributed by atoms with van der Waals surface area (Å²) in [5.41, 5.74) is 5.09. The Bertz CT molecular complexity index is 691. The van der Waals surface area contributed by atoms with Gasteiger partial charge in [-0.3, -0.25) is 0 Å². The van der Waals surface area contributed by atoms with Gasteiger partial charge in [0.1, 0.15) is 0 Å². The molecule has 0 aliphatic carbocycles. The fourth-order valence-electron chi connectivity index (χ4n) is 3.30. The van der Waals surface area contributed by atoms with Crippen molar-refractivity contribution >= 4 is 0 Å². The van der Waals surface area contributed by atoms with Gasteiger partial charge in [-0.25, -0.2) is 0 Å². The second-order valence-electron chi connectivity index (χ2n) is 6.18. The van der Waals surface area contributed by atoms with Crippen molar-refractivity contribution in [3.05, 3.63) is 71.6 Å². The van der Waals surface area contributed by atoms with Crippen molar-refractivity contribution < 1.29 is 0 Å². The third kappa shape index (κ3) is 2.41. The Morgan fingerprint density at radius 3 is 2.27 bits per heavy atom. The van der Waals surface area contributed by atoms with Gasteiger partial charge < -0.3 is 15.0 Å². The zero-order valence-corrected chi connectivity index (χ0v) is 13.6. The Morgan fingerprint density at radius 1 is 0.909 bits per heavy atom. The van der Waals surface area contributed by atoms with Crippen molar-refractivity contribution in [3.63, 3.8) is 0 Å². The normalized spacial score (nSPS) is 15.6. The Kier molecular flexibility index (Phi) is 3.97. The Hall–Kier alpha value is -2.16. The molecule has 0 amide bonds. The summed E-state index contributed by atoms with van der Waals surface area (Å²) in [5, 5.41) is 0. The van der Waals surface area contributed by atoms with E-state index in [1.807, 2.05) is 12.4 Å². The molecule has 3 aromatic heterocycles. The summed E-state index contributed by atoms with van der Waals surface area (Å²) in [5.74, 6) is 0.397. The highest BCUT2D eigenvalue weighted by Gasteiger charge is 2.30. The number of aromatic amines is 3. The predicted octanol–water partition coefficient (Wildman–Crippen LogP) is 4.93. The van der Waals surface area contributed by atoms with Crippen molar-refractivity contribution in [2.75, 3.05) is 0 Å². The van der Waals surface area contributed by atoms with Gasteiger partial charge in [0.25, 0.3) is 0 Å². The van der Waals surface area contributed by atoms with Crippen LogP contribution in [0.2, 0.25) is 0 Å². The first-order chi connectivity index (χ1) is 10.7. The second kappa shape index (κ2) is 5.91. The van der Waals surface area contributed by atoms with Crippen LogP contribution in [0.25, 0.3) is 0 Å². The van der Waals surface area contributed by atoms with Crippen LogP contribution in [-0.2, 0) is 5.41 Å². The molecule has 0 aromatic carbocycles. The Labute approximate surface area is 132 Å². The topological polar surface area (TPSA) is 47.4 Å². The minimum Gasteiger partial charge on any atom is -0.364 e. The van der Waals surface area contributed by atoms with Crippen molar-refractivity contribution in [1.29, 1.82) is 0 Å². The van der Waals surface area contributed by atoms with Gasteiger partial charge in [0, 0.05) is 46.5 Å². The van der Waals surface area contributed by atoms with Crippen LogP contribution in [0.1, 0.15) is 62.3 Å². The minimum absolute atomic E-state index is 0.00419. The number of hydrogen-bond donors (Lipinski definition) is 3. The number of rotatable bonds is 6. The molecule has 0 aliphatic rings. The van der Waals surface area contributed by atoms with Gasteiger partial charge in [0.05, 0.1) is 0 Å². The molecule has 2 atom stereocenters. The maximum Gasteiger partial charge on any atom is 0.0472 e. The van der Waals surface area contributed by atoms with Gasteiger partial charge in [-0.05, 0) is 56.2 Å². The van der Waals surface area contributed by atoms with Crippen molar-refractivity contribution in [2.24, 2.45) is 0 Å². The maximum absolute atomic E-state index is 3.69. The van der Waals surface area contributed by atoms with Gasteiger partial charge >= 0.3 is 0 Å². The van der Waals surface area contributed by atoms with Crippen LogP contribution in [-0.4, -0.2) is 15.0 Å². The van der Waals surface area contributed by atoms with E-state index in [0.29, 0.717) is 5.92 Å². The molecule has 2 unspecified atom stereocenters. The first kappa shape index (κ1) is 14.8. The SMILES string of the molecule is CCC(c1ccc[nH]1)c1ccc(C(C)(CC)c2ccc[nH]2)[nH]1. The summed E-state index contributed by atoms with van der Waals surface area (Å²) in [6, 6.07) is 13.0. The van der Waals surface area contributed by atoms with Crippen molar-refractivity contribution in [2.45, 2.75) is 44.9 Å². The molecule has 0 spiro atoms. The lowest BCUT2D eigenvalue weighted by molar-refractivity contribution is 0.519. The lowest BCUT2D eigenvalue weighted by Crippen LogP contribution is -2.23. The van der Waals surface area contributed by atoms with Gasteiger partial charge in [-0.2, -0.15) is 0 Å². The van der Waals surface area contributed by atoms with Gasteiger partial charge in [0.15, 0.2) is 0 Å². The number of hydrogen-bond acceptors (Lipinski definition) is 0. The second-order valence-corrected chi connectivity index (χ2v) is 6.18. The quantitative estimate of drug-likeness (QED) is 0.577. The zero-order chi connectivity index (χ0) is 15.6. The van der Waals surface area contributed by atoms with E-state index >= 15 is 0 Å². The summed E-state index contributed by atoms with van der Waals surface area (Å²) < 4.78 is 0. The lowest BCUT2D eigenvalue weighted by atomic mass is 9.81. The fraction of sp³-hybridized carbons (Fsp3) is 0.368. The van der Waals surface area contributed by atoms with E-state index in [2.05, 4.69) is 72.1 Å². The van der Waals surface area contributed by atoms with E-state index in [1.54, 1.807) is 0 Å². The molecule has 0 aliphatic heterocycles. The molecule has 22 heavy (non-hydrogen) atoms. The smallest absolute Gasteiger partial charge is 0.0472 e. The average Bonchev–Trinajstić information content (AvgIpc) is 3.28. The van der Waals surface area contributed by atoms with E-state index in [1.165, 1.54) is 22.8 Å². The molecular formula is C19H25N3. The molecule has 0 radical (unpaired) electrons. The zero-order valence-electron chi connectivity index (χ0n) is 13.6. The molecule has 3 N–H and O–H groups in total. The summed E-state index contributed by atoms with van der Waals surface area (Å²) in [4.78, 5) is 10.4. The number of nitrogens with one attached hydrogen (secondary N) is 3. The van der Waals surface area contributed by atoms with E-state index in [-0.39, 0.29) is 5.41 Å². The summed E-state index contributed by atoms with van der Waals surface area (Å²) >= 11 is 0. The van der Waals surface area contributed by atoms with Crippen molar-refractivity contribution in [3.8, 4) is 0 Å². The lowest BCUT2D eigenvalue weighted by Gasteiger charge is -2.26. The molecule has 0 saturated carbocycles. The molecule has 3 rings (SSSR count). The largest absolute Gasteiger partial charge is 0.364 e. The number of H-pyrrole nitrogens is 3. The predicted molar refractivity (Wildman–Crippen MR) is 91.3 cm³/mol. The molecule has 3 nitrogen and oxygen atoms in total. The average molecular weight is 295 g/mol. The minimum atomic E-state index is -0.00419. The van der Waals surface area contributed by atoms with Crippen LogP contribution < -0.4 is 0 Å². The van der Waals surface area contributed by atoms with Crippen LogP contribution in [0, 0.1) is 0 Å². The van der Waals surface area contributed by atoms with Gasteiger partial charge in [0.2, 0.25) is 0 Å². The van der Waals surface area contributed by atoms with Gasteiger partial charge in [-0.15, -0.1) is 0 Å². The number of aromatic nitrogens is 3. The molecule has 3 heteroatoms. The molecule has 0 bridgehead atoms.